The lowest BCUT2D eigenvalue weighted by Gasteiger charge is -2.34. The van der Waals surface area contributed by atoms with Crippen LogP contribution < -0.4 is 5.32 Å². The molecule has 2 heterocycles. The van der Waals surface area contributed by atoms with Gasteiger partial charge in [-0.2, -0.15) is 0 Å². The van der Waals surface area contributed by atoms with E-state index in [9.17, 15) is 0 Å². The first-order valence-corrected chi connectivity index (χ1v) is 6.51. The summed E-state index contributed by atoms with van der Waals surface area (Å²) in [4.78, 5) is 0. The average molecular weight is 254 g/mol. The van der Waals surface area contributed by atoms with Crippen molar-refractivity contribution < 1.29 is 4.74 Å². The highest BCUT2D eigenvalue weighted by atomic mass is 35.5. The van der Waals surface area contributed by atoms with Crippen LogP contribution in [0.4, 0.5) is 0 Å². The molecule has 0 aromatic rings. The smallest absolute Gasteiger partial charge is 0.0924 e. The molecule has 0 bridgehead atoms. The number of rotatable bonds is 2. The molecule has 3 heteroatoms. The van der Waals surface area contributed by atoms with E-state index in [0.717, 1.165) is 31.5 Å². The van der Waals surface area contributed by atoms with Crippen molar-refractivity contribution in [3.05, 3.63) is 34.4 Å². The standard InChI is InChI=1S/C14H20ClNO/c1-10(12(3)15)8-13-9-17-14(11(13)2)4-6-16-7-5-14/h8,16H,3-7,9H2,1-2H3/b10-8-. The second kappa shape index (κ2) is 4.97. The van der Waals surface area contributed by atoms with E-state index in [4.69, 9.17) is 16.3 Å². The van der Waals surface area contributed by atoms with Crippen molar-refractivity contribution in [3.8, 4) is 0 Å². The Morgan fingerprint density at radius 1 is 1.47 bits per heavy atom. The Kier molecular flexibility index (Phi) is 3.76. The SMILES string of the molecule is C=C(Cl)/C(C)=C\C1=C(C)C2(CCNCC2)OC1. The van der Waals surface area contributed by atoms with Gasteiger partial charge in [-0.3, -0.25) is 0 Å². The minimum absolute atomic E-state index is 0.0228. The minimum Gasteiger partial charge on any atom is -0.366 e. The molecule has 1 N–H and O–H groups in total. The van der Waals surface area contributed by atoms with Gasteiger partial charge in [0.25, 0.3) is 0 Å². The number of hydrogen-bond donors (Lipinski definition) is 1. The Bertz CT molecular complexity index is 389. The summed E-state index contributed by atoms with van der Waals surface area (Å²) in [5, 5.41) is 3.98. The summed E-state index contributed by atoms with van der Waals surface area (Å²) in [7, 11) is 0. The molecule has 0 aromatic carbocycles. The summed E-state index contributed by atoms with van der Waals surface area (Å²) >= 11 is 5.90. The van der Waals surface area contributed by atoms with Crippen molar-refractivity contribution in [1.29, 1.82) is 0 Å². The Morgan fingerprint density at radius 2 is 2.12 bits per heavy atom. The van der Waals surface area contributed by atoms with Crippen LogP contribution in [0.3, 0.4) is 0 Å². The zero-order chi connectivity index (χ0) is 12.5. The summed E-state index contributed by atoms with van der Waals surface area (Å²) in [6.45, 7) is 10.7. The van der Waals surface area contributed by atoms with Crippen LogP contribution in [0.5, 0.6) is 0 Å². The molecule has 2 rings (SSSR count). The van der Waals surface area contributed by atoms with Crippen LogP contribution in [0.25, 0.3) is 0 Å². The summed E-state index contributed by atoms with van der Waals surface area (Å²) in [6.07, 6.45) is 4.25. The Balaban J connectivity index is 2.24. The molecule has 0 atom stereocenters. The van der Waals surface area contributed by atoms with E-state index in [0.29, 0.717) is 11.6 Å². The predicted octanol–water partition coefficient (Wildman–Crippen LogP) is 3.15. The third-order valence-corrected chi connectivity index (χ3v) is 4.20. The van der Waals surface area contributed by atoms with Gasteiger partial charge in [-0.25, -0.2) is 0 Å². The number of nitrogens with one attached hydrogen (secondary N) is 1. The van der Waals surface area contributed by atoms with Crippen LogP contribution in [0, 0.1) is 0 Å². The van der Waals surface area contributed by atoms with Crippen LogP contribution in [-0.2, 0) is 4.74 Å². The molecule has 2 aliphatic rings. The fourth-order valence-corrected chi connectivity index (χ4v) is 2.62. The van der Waals surface area contributed by atoms with E-state index in [-0.39, 0.29) is 5.60 Å². The maximum absolute atomic E-state index is 6.06. The Morgan fingerprint density at radius 3 is 2.71 bits per heavy atom. The van der Waals surface area contributed by atoms with Crippen molar-refractivity contribution in [1.82, 2.24) is 5.32 Å². The maximum atomic E-state index is 6.06. The molecule has 0 amide bonds. The van der Waals surface area contributed by atoms with Gasteiger partial charge in [-0.05, 0) is 56.5 Å². The van der Waals surface area contributed by atoms with Gasteiger partial charge in [-0.1, -0.05) is 24.3 Å². The molecule has 0 aromatic heterocycles. The van der Waals surface area contributed by atoms with E-state index in [1.54, 1.807) is 0 Å². The van der Waals surface area contributed by atoms with E-state index >= 15 is 0 Å². The van der Waals surface area contributed by atoms with Crippen molar-refractivity contribution in [2.24, 2.45) is 0 Å². The highest BCUT2D eigenvalue weighted by Gasteiger charge is 2.39. The summed E-state index contributed by atoms with van der Waals surface area (Å²) in [5.74, 6) is 0. The van der Waals surface area contributed by atoms with E-state index in [1.807, 2.05) is 6.92 Å². The summed E-state index contributed by atoms with van der Waals surface area (Å²) in [5.41, 5.74) is 3.64. The number of halogens is 1. The van der Waals surface area contributed by atoms with Gasteiger partial charge in [-0.15, -0.1) is 0 Å². The predicted molar refractivity (Wildman–Crippen MR) is 72.2 cm³/mol. The van der Waals surface area contributed by atoms with Gasteiger partial charge < -0.3 is 10.1 Å². The highest BCUT2D eigenvalue weighted by molar-refractivity contribution is 6.31. The van der Waals surface area contributed by atoms with Gasteiger partial charge in [0.2, 0.25) is 0 Å². The molecule has 0 saturated carbocycles. The molecular weight excluding hydrogens is 234 g/mol. The molecule has 2 nitrogen and oxygen atoms in total. The van der Waals surface area contributed by atoms with Crippen LogP contribution in [0.15, 0.2) is 34.4 Å². The van der Waals surface area contributed by atoms with Crippen LogP contribution in [0.1, 0.15) is 26.7 Å². The molecular formula is C14H20ClNO. The molecule has 1 spiro atoms. The molecule has 17 heavy (non-hydrogen) atoms. The second-order valence-corrected chi connectivity index (χ2v) is 5.37. The van der Waals surface area contributed by atoms with Crippen molar-refractivity contribution in [2.75, 3.05) is 19.7 Å². The van der Waals surface area contributed by atoms with Gasteiger partial charge in [0.05, 0.1) is 12.2 Å². The fraction of sp³-hybridized carbons (Fsp3) is 0.571. The molecule has 0 radical (unpaired) electrons. The number of allylic oxidation sites excluding steroid dienone is 2. The Labute approximate surface area is 108 Å². The van der Waals surface area contributed by atoms with E-state index in [1.165, 1.54) is 11.1 Å². The fourth-order valence-electron chi connectivity index (χ4n) is 2.56. The lowest BCUT2D eigenvalue weighted by molar-refractivity contribution is -0.00553. The van der Waals surface area contributed by atoms with E-state index < -0.39 is 0 Å². The lowest BCUT2D eigenvalue weighted by atomic mass is 9.84. The molecule has 1 saturated heterocycles. The number of ether oxygens (including phenoxy) is 1. The number of piperidine rings is 1. The monoisotopic (exact) mass is 253 g/mol. The van der Waals surface area contributed by atoms with Gasteiger partial charge in [0.1, 0.15) is 0 Å². The van der Waals surface area contributed by atoms with Gasteiger partial charge in [0.15, 0.2) is 0 Å². The molecule has 0 unspecified atom stereocenters. The molecule has 2 aliphatic heterocycles. The minimum atomic E-state index is -0.0228. The van der Waals surface area contributed by atoms with Crippen molar-refractivity contribution in [2.45, 2.75) is 32.3 Å². The third kappa shape index (κ3) is 2.49. The summed E-state index contributed by atoms with van der Waals surface area (Å²) < 4.78 is 6.06. The first-order chi connectivity index (χ1) is 8.05. The number of hydrogen-bond acceptors (Lipinski definition) is 2. The quantitative estimate of drug-likeness (QED) is 0.764. The second-order valence-electron chi connectivity index (χ2n) is 4.92. The average Bonchev–Trinajstić information content (AvgIpc) is 2.60. The normalized spacial score (nSPS) is 24.5. The van der Waals surface area contributed by atoms with E-state index in [2.05, 4.69) is 24.9 Å². The molecule has 1 fully saturated rings. The largest absolute Gasteiger partial charge is 0.366 e. The molecule has 94 valence electrons. The zero-order valence-corrected chi connectivity index (χ0v) is 11.4. The highest BCUT2D eigenvalue weighted by Crippen LogP contribution is 2.39. The topological polar surface area (TPSA) is 21.3 Å². The zero-order valence-electron chi connectivity index (χ0n) is 10.6. The third-order valence-electron chi connectivity index (χ3n) is 3.90. The van der Waals surface area contributed by atoms with Crippen LogP contribution in [-0.4, -0.2) is 25.3 Å². The first kappa shape index (κ1) is 12.9. The van der Waals surface area contributed by atoms with Crippen LogP contribution >= 0.6 is 11.6 Å². The van der Waals surface area contributed by atoms with Gasteiger partial charge in [0, 0.05) is 5.03 Å². The van der Waals surface area contributed by atoms with Crippen molar-refractivity contribution >= 4 is 11.6 Å². The Hall–Kier alpha value is -0.570. The van der Waals surface area contributed by atoms with Crippen molar-refractivity contribution in [3.63, 3.8) is 0 Å². The van der Waals surface area contributed by atoms with Gasteiger partial charge >= 0.3 is 0 Å². The lowest BCUT2D eigenvalue weighted by Crippen LogP contribution is -2.42. The maximum Gasteiger partial charge on any atom is 0.0924 e. The molecule has 0 aliphatic carbocycles. The first-order valence-electron chi connectivity index (χ1n) is 6.13. The summed E-state index contributed by atoms with van der Waals surface area (Å²) in [6, 6.07) is 0. The van der Waals surface area contributed by atoms with Crippen LogP contribution in [0.2, 0.25) is 0 Å².